The van der Waals surface area contributed by atoms with E-state index in [0.29, 0.717) is 6.07 Å². The first kappa shape index (κ1) is 31.5. The molecule has 1 aromatic carbocycles. The van der Waals surface area contributed by atoms with Gasteiger partial charge in [-0.1, -0.05) is 12.8 Å². The van der Waals surface area contributed by atoms with Gasteiger partial charge in [0.1, 0.15) is 22.8 Å². The summed E-state index contributed by atoms with van der Waals surface area (Å²) in [4.78, 5) is 53.1. The number of aromatic hydroxyl groups is 1. The maximum Gasteiger partial charge on any atom is 0.416 e. The molecule has 0 aliphatic heterocycles. The minimum atomic E-state index is -5.01. The van der Waals surface area contributed by atoms with Crippen molar-refractivity contribution >= 4 is 34.8 Å². The van der Waals surface area contributed by atoms with Crippen molar-refractivity contribution in [2.45, 2.75) is 62.4 Å². The van der Waals surface area contributed by atoms with Crippen LogP contribution in [0.3, 0.4) is 0 Å². The highest BCUT2D eigenvalue weighted by molar-refractivity contribution is 6.24. The third-order valence-electron chi connectivity index (χ3n) is 9.21. The molecule has 0 saturated heterocycles. The number of carbonyl (C=O) groups excluding carboxylic acids is 4. The highest BCUT2D eigenvalue weighted by Gasteiger charge is 2.64. The molecular formula is C29H33F3N4O8. The lowest BCUT2D eigenvalue weighted by molar-refractivity contribution is -0.153. The van der Waals surface area contributed by atoms with Gasteiger partial charge in [0, 0.05) is 17.5 Å². The van der Waals surface area contributed by atoms with Crippen LogP contribution in [0.4, 0.5) is 18.9 Å². The van der Waals surface area contributed by atoms with Crippen LogP contribution in [0.1, 0.15) is 48.8 Å². The predicted molar refractivity (Wildman–Crippen MR) is 148 cm³/mol. The Balaban J connectivity index is 1.63. The molecule has 5 rings (SSSR count). The number of nitrogens with two attached hydrogens (primary N) is 1. The van der Waals surface area contributed by atoms with Crippen LogP contribution in [0, 0.1) is 11.8 Å². The zero-order chi connectivity index (χ0) is 32.5. The Kier molecular flexibility index (Phi) is 7.79. The first-order valence-corrected chi connectivity index (χ1v) is 14.1. The number of rotatable bonds is 6. The number of ketones is 2. The normalized spacial score (nSPS) is 27.4. The number of fused-ring (bicyclic) bond motifs is 3. The van der Waals surface area contributed by atoms with E-state index in [1.165, 1.54) is 19.0 Å². The molecule has 8 N–H and O–H groups in total. The van der Waals surface area contributed by atoms with Crippen molar-refractivity contribution in [2.75, 3.05) is 26.0 Å². The number of nitrogens with zero attached hydrogens (tertiary/aromatic N) is 1. The lowest BCUT2D eigenvalue weighted by Crippen LogP contribution is -2.65. The molecule has 2 fully saturated rings. The van der Waals surface area contributed by atoms with E-state index in [9.17, 15) is 52.8 Å². The average molecular weight is 623 g/mol. The minimum Gasteiger partial charge on any atom is -0.508 e. The van der Waals surface area contributed by atoms with E-state index in [0.717, 1.165) is 25.7 Å². The lowest BCUT2D eigenvalue weighted by atomic mass is 9.57. The number of benzene rings is 1. The standard InChI is InChI=1S/C29H33F3N4O8/c1-36(2)21-15-8-11-7-13-14(29(30,31)32)9-16(35-17(37)10-34-12-5-3-4-6-12)22(38)19(13)23(39)18(11)25(41)28(15,44)26(42)20(24(21)40)27(33)43/h9,11-12,15,21,34,38-39,42,44H,3-8,10H2,1-2H3,(H2,33,43)(H,35,37)/t11-,15-,21-,28-/m0/s1. The maximum atomic E-state index is 14.4. The topological polar surface area (TPSA) is 203 Å². The number of aliphatic hydroxyl groups is 3. The first-order chi connectivity index (χ1) is 20.5. The number of nitrogens with one attached hydrogen (secondary N) is 2. The van der Waals surface area contributed by atoms with E-state index in [1.807, 2.05) is 0 Å². The number of aliphatic hydroxyl groups excluding tert-OH is 2. The van der Waals surface area contributed by atoms with Crippen molar-refractivity contribution in [2.24, 2.45) is 17.6 Å². The second-order valence-corrected chi connectivity index (χ2v) is 12.0. The maximum absolute atomic E-state index is 14.4. The van der Waals surface area contributed by atoms with Crippen molar-refractivity contribution in [3.8, 4) is 5.75 Å². The fourth-order valence-electron chi connectivity index (χ4n) is 7.22. The van der Waals surface area contributed by atoms with Crippen LogP contribution in [-0.4, -0.2) is 87.0 Å². The Morgan fingerprint density at radius 3 is 2.34 bits per heavy atom. The highest BCUT2D eigenvalue weighted by atomic mass is 19.4. The van der Waals surface area contributed by atoms with Gasteiger partial charge in [-0.25, -0.2) is 0 Å². The van der Waals surface area contributed by atoms with Gasteiger partial charge in [0.25, 0.3) is 5.91 Å². The van der Waals surface area contributed by atoms with Crippen molar-refractivity contribution in [3.05, 3.63) is 39.7 Å². The Labute approximate surface area is 249 Å². The van der Waals surface area contributed by atoms with Crippen molar-refractivity contribution in [1.82, 2.24) is 10.2 Å². The smallest absolute Gasteiger partial charge is 0.416 e. The second-order valence-electron chi connectivity index (χ2n) is 12.0. The van der Waals surface area contributed by atoms with E-state index >= 15 is 0 Å². The minimum absolute atomic E-state index is 0.0731. The van der Waals surface area contributed by atoms with Crippen LogP contribution in [0.25, 0.3) is 5.76 Å². The molecule has 2 saturated carbocycles. The molecule has 1 aromatic rings. The number of primary amides is 1. The molecule has 4 aliphatic rings. The van der Waals surface area contributed by atoms with Crippen LogP contribution in [0.2, 0.25) is 0 Å². The van der Waals surface area contributed by atoms with Gasteiger partial charge in [0.05, 0.1) is 29.4 Å². The number of anilines is 1. The van der Waals surface area contributed by atoms with Gasteiger partial charge >= 0.3 is 6.18 Å². The molecule has 0 aromatic heterocycles. The molecule has 0 heterocycles. The Hall–Kier alpha value is -3.95. The molecule has 4 aliphatic carbocycles. The van der Waals surface area contributed by atoms with Crippen LogP contribution >= 0.6 is 0 Å². The lowest BCUT2D eigenvalue weighted by Gasteiger charge is -2.50. The van der Waals surface area contributed by atoms with E-state index < -0.39 is 110 Å². The van der Waals surface area contributed by atoms with Gasteiger partial charge < -0.3 is 36.8 Å². The number of alkyl halides is 3. The van der Waals surface area contributed by atoms with E-state index in [4.69, 9.17) is 5.73 Å². The number of Topliss-reactive ketones (excluding diaryl/α,β-unsaturated/α-hetero) is 2. The predicted octanol–water partition coefficient (Wildman–Crippen LogP) is 1.45. The molecule has 0 spiro atoms. The average Bonchev–Trinajstić information content (AvgIpc) is 3.44. The van der Waals surface area contributed by atoms with E-state index in [-0.39, 0.29) is 19.0 Å². The summed E-state index contributed by atoms with van der Waals surface area (Å²) in [6, 6.07) is -0.746. The molecule has 238 valence electrons. The van der Waals surface area contributed by atoms with Gasteiger partial charge in [-0.05, 0) is 57.3 Å². The molecule has 0 bridgehead atoms. The summed E-state index contributed by atoms with van der Waals surface area (Å²) in [7, 11) is 2.82. The number of carbonyl (C=O) groups is 4. The van der Waals surface area contributed by atoms with Crippen molar-refractivity contribution in [1.29, 1.82) is 0 Å². The number of likely N-dealkylation sites (N-methyl/N-ethyl adjacent to an activating group) is 1. The second kappa shape index (κ2) is 10.9. The Bertz CT molecular complexity index is 1530. The Morgan fingerprint density at radius 2 is 1.77 bits per heavy atom. The van der Waals surface area contributed by atoms with E-state index in [2.05, 4.69) is 10.6 Å². The Morgan fingerprint density at radius 1 is 1.14 bits per heavy atom. The third kappa shape index (κ3) is 4.82. The van der Waals surface area contributed by atoms with Gasteiger partial charge in [0.2, 0.25) is 11.7 Å². The zero-order valence-corrected chi connectivity index (χ0v) is 23.9. The van der Waals surface area contributed by atoms with Gasteiger partial charge in [0.15, 0.2) is 11.4 Å². The van der Waals surface area contributed by atoms with Crippen molar-refractivity contribution < 1.29 is 52.8 Å². The first-order valence-electron chi connectivity index (χ1n) is 14.1. The van der Waals surface area contributed by atoms with Crippen LogP contribution in [0.5, 0.6) is 5.75 Å². The molecule has 0 radical (unpaired) electrons. The fraction of sp³-hybridized carbons (Fsp3) is 0.517. The summed E-state index contributed by atoms with van der Waals surface area (Å²) in [5.41, 5.74) is -2.51. The molecular weight excluding hydrogens is 589 g/mol. The number of hydrogen-bond acceptors (Lipinski definition) is 10. The summed E-state index contributed by atoms with van der Waals surface area (Å²) in [5, 5.41) is 50.2. The van der Waals surface area contributed by atoms with Gasteiger partial charge in [-0.2, -0.15) is 13.2 Å². The SMILES string of the molecule is CN(C)[C@@H]1C(=O)C(C(N)=O)=C(O)[C@@]2(O)C(=O)C3=C(O)c4c(O)c(NC(=O)CNC5CCCC5)cc(C(F)(F)F)c4C[C@H]3C[C@@H]12. The summed E-state index contributed by atoms with van der Waals surface area (Å²) in [5.74, 6) is -10.5. The summed E-state index contributed by atoms with van der Waals surface area (Å²) < 4.78 is 43.1. The largest absolute Gasteiger partial charge is 0.508 e. The highest BCUT2D eigenvalue weighted by Crippen LogP contribution is 2.55. The molecule has 4 atom stereocenters. The number of phenols is 1. The number of amides is 2. The fourth-order valence-corrected chi connectivity index (χ4v) is 7.22. The van der Waals surface area contributed by atoms with Gasteiger partial charge in [-0.15, -0.1) is 0 Å². The van der Waals surface area contributed by atoms with Crippen LogP contribution in [-0.2, 0) is 31.8 Å². The number of hydrogen-bond donors (Lipinski definition) is 7. The monoisotopic (exact) mass is 622 g/mol. The molecule has 2 amide bonds. The van der Waals surface area contributed by atoms with Crippen LogP contribution < -0.4 is 16.4 Å². The summed E-state index contributed by atoms with van der Waals surface area (Å²) in [6.45, 7) is -0.246. The van der Waals surface area contributed by atoms with E-state index in [1.54, 1.807) is 0 Å². The van der Waals surface area contributed by atoms with Gasteiger partial charge in [-0.3, -0.25) is 24.1 Å². The number of halogens is 3. The summed E-state index contributed by atoms with van der Waals surface area (Å²) in [6.07, 6.45) is -2.28. The molecule has 12 nitrogen and oxygen atoms in total. The molecule has 0 unspecified atom stereocenters. The summed E-state index contributed by atoms with van der Waals surface area (Å²) >= 11 is 0. The zero-order valence-electron chi connectivity index (χ0n) is 23.9. The molecule has 15 heteroatoms. The van der Waals surface area contributed by atoms with Crippen molar-refractivity contribution in [3.63, 3.8) is 0 Å². The quantitative estimate of drug-likeness (QED) is 0.180. The number of phenolic OH excluding ortho intramolecular Hbond substituents is 1. The van der Waals surface area contributed by atoms with Crippen LogP contribution in [0.15, 0.2) is 23.0 Å². The third-order valence-corrected chi connectivity index (χ3v) is 9.21. The molecule has 44 heavy (non-hydrogen) atoms.